The molecule has 1 saturated heterocycles. The Balaban J connectivity index is 1.42. The maximum absolute atomic E-state index is 14.3. The number of rotatable bonds is 14. The van der Waals surface area contributed by atoms with E-state index in [1.54, 1.807) is 0 Å². The molecule has 4 N–H and O–H groups in total. The minimum atomic E-state index is -1.14. The number of ether oxygens (including phenoxy) is 2. The summed E-state index contributed by atoms with van der Waals surface area (Å²) in [6, 6.07) is 0. The molecule has 0 radical (unpaired) electrons. The van der Waals surface area contributed by atoms with E-state index in [1.165, 1.54) is 37.5 Å². The van der Waals surface area contributed by atoms with Crippen LogP contribution >= 0.6 is 0 Å². The Morgan fingerprint density at radius 3 is 2.38 bits per heavy atom. The van der Waals surface area contributed by atoms with Crippen LogP contribution < -0.4 is 16.0 Å². The van der Waals surface area contributed by atoms with Crippen LogP contribution in [0.15, 0.2) is 29.6 Å². The lowest BCUT2D eigenvalue weighted by atomic mass is 9.85. The topological polar surface area (TPSA) is 129 Å². The fraction of sp³-hybridized carbons (Fsp3) is 0.468. The van der Waals surface area contributed by atoms with E-state index in [0.717, 1.165) is 86.6 Å². The molecule has 298 valence electrons. The molecule has 5 heterocycles. The van der Waals surface area contributed by atoms with Crippen molar-refractivity contribution in [1.82, 2.24) is 20.3 Å². The molecule has 3 aromatic rings. The van der Waals surface area contributed by atoms with Gasteiger partial charge in [-0.25, -0.2) is 0 Å². The zero-order valence-electron chi connectivity index (χ0n) is 34.8. The van der Waals surface area contributed by atoms with Crippen molar-refractivity contribution in [3.63, 3.8) is 0 Å². The van der Waals surface area contributed by atoms with Gasteiger partial charge in [0.1, 0.15) is 12.5 Å². The van der Waals surface area contributed by atoms with E-state index < -0.39 is 11.9 Å². The normalized spacial score (nSPS) is 22.7. The predicted octanol–water partition coefficient (Wildman–Crippen LogP) is 8.24. The molecule has 2 aliphatic heterocycles. The van der Waals surface area contributed by atoms with E-state index in [9.17, 15) is 14.4 Å². The molecule has 0 unspecified atom stereocenters. The minimum absolute atomic E-state index is 0.0834. The molecule has 1 aliphatic carbocycles. The van der Waals surface area contributed by atoms with E-state index >= 15 is 0 Å². The first-order valence-electron chi connectivity index (χ1n) is 20.5. The molecule has 4 atom stereocenters. The molecule has 9 heteroatoms. The number of allylic oxidation sites excluding steroid dienone is 3. The van der Waals surface area contributed by atoms with Crippen LogP contribution in [0.3, 0.4) is 0 Å². The Morgan fingerprint density at radius 2 is 1.68 bits per heavy atom. The van der Waals surface area contributed by atoms with Gasteiger partial charge in [0, 0.05) is 74.1 Å². The Kier molecular flexibility index (Phi) is 12.3. The Bertz CT molecular complexity index is 2270. The fourth-order valence-corrected chi connectivity index (χ4v) is 9.09. The summed E-state index contributed by atoms with van der Waals surface area (Å²) >= 11 is 0. The summed E-state index contributed by atoms with van der Waals surface area (Å²) in [5, 5.41) is 5.64. The second-order valence-corrected chi connectivity index (χ2v) is 16.1. The smallest absolute Gasteiger partial charge is 0.321 e. The van der Waals surface area contributed by atoms with Gasteiger partial charge in [0.05, 0.1) is 12.8 Å². The number of carbonyl (C=O) groups excluding carboxylic acids is 3. The lowest BCUT2D eigenvalue weighted by Gasteiger charge is -2.19. The number of carbonyl (C=O) groups is 3. The predicted molar refractivity (Wildman–Crippen MR) is 225 cm³/mol. The van der Waals surface area contributed by atoms with Crippen LogP contribution in [0, 0.1) is 44.4 Å². The highest BCUT2D eigenvalue weighted by Crippen LogP contribution is 2.48. The summed E-state index contributed by atoms with van der Waals surface area (Å²) in [5.41, 5.74) is 12.5. The first-order chi connectivity index (χ1) is 26.8. The standard InChI is InChI=1S/C47H60N4O5/c1-11-15-25(4)16-14-17-26(5)20-21-56-40(52)19-18-33-29(8)36-22-34-27(6)31(12-2)38(48-34)23-35-28(7)32(13-3)39(49-35)24-37-30(9)41-45(51-37)42(44(33)50-36)43(46(41)53)47(54)55-10/h12,20,22-25,29,33,43,48-51H,2,11,13-19,21H2,1,3-10H3/b26-20+,35-23-,36-22-,39-24-,44-42-/t25-,29+,33+,43-/m1/s1. The van der Waals surface area contributed by atoms with Crippen LogP contribution in [0.4, 0.5) is 0 Å². The van der Waals surface area contributed by atoms with E-state index in [2.05, 4.69) is 93.5 Å². The van der Waals surface area contributed by atoms with Gasteiger partial charge in [0.25, 0.3) is 0 Å². The van der Waals surface area contributed by atoms with Gasteiger partial charge in [-0.3, -0.25) is 14.4 Å². The Labute approximate surface area is 331 Å². The van der Waals surface area contributed by atoms with Crippen LogP contribution in [0.25, 0.3) is 29.9 Å². The number of fused-ring (bicyclic) bond motifs is 7. The second kappa shape index (κ2) is 17.0. The number of hydrogen-bond donors (Lipinski definition) is 4. The molecule has 0 aromatic carbocycles. The van der Waals surface area contributed by atoms with Crippen molar-refractivity contribution in [3.8, 4) is 0 Å². The summed E-state index contributed by atoms with van der Waals surface area (Å²) in [7, 11) is 1.32. The summed E-state index contributed by atoms with van der Waals surface area (Å²) < 4.78 is 11.0. The number of ketones is 1. The third-order valence-corrected chi connectivity index (χ3v) is 12.5. The third kappa shape index (κ3) is 7.69. The van der Waals surface area contributed by atoms with Crippen LogP contribution in [-0.4, -0.2) is 46.4 Å². The van der Waals surface area contributed by atoms with Crippen molar-refractivity contribution in [2.24, 2.45) is 23.7 Å². The van der Waals surface area contributed by atoms with E-state index in [1.807, 2.05) is 19.1 Å². The molecule has 0 saturated carbocycles. The number of hydrogen-bond acceptors (Lipinski definition) is 6. The lowest BCUT2D eigenvalue weighted by Crippen LogP contribution is -2.25. The molecular formula is C47H60N4O5. The number of H-pyrrole nitrogens is 3. The molecule has 0 spiro atoms. The third-order valence-electron chi connectivity index (χ3n) is 12.5. The van der Waals surface area contributed by atoms with Gasteiger partial charge >= 0.3 is 11.9 Å². The molecule has 0 amide bonds. The summed E-state index contributed by atoms with van der Waals surface area (Å²) in [6.45, 7) is 21.4. The zero-order valence-corrected chi connectivity index (χ0v) is 34.8. The maximum Gasteiger partial charge on any atom is 0.321 e. The molecule has 6 rings (SSSR count). The SMILES string of the molecule is C=Cc1c2[nH]c(c1C)/C=C1\N/C(=C3\c4[nH]c(c(C)c4C(=O)[C@@H]3C(=O)OC)/C=c3\[nH]/c(c(C)c3CC)=C\2)[C@@H](CCC(=O)OC/C=C(\C)CCC[C@H](C)CCC)[C@@H]1C. The van der Waals surface area contributed by atoms with Gasteiger partial charge in [-0.2, -0.15) is 0 Å². The molecule has 3 aromatic heterocycles. The zero-order chi connectivity index (χ0) is 40.4. The first-order valence-corrected chi connectivity index (χ1v) is 20.5. The average Bonchev–Trinajstić information content (AvgIpc) is 3.91. The van der Waals surface area contributed by atoms with Gasteiger partial charge in [0.15, 0.2) is 5.78 Å². The molecular weight excluding hydrogens is 701 g/mol. The number of aromatic amines is 3. The van der Waals surface area contributed by atoms with Crippen molar-refractivity contribution >= 4 is 47.6 Å². The number of Topliss-reactive ketones (excluding diaryl/α,β-unsaturated/α-hetero) is 1. The van der Waals surface area contributed by atoms with E-state index in [0.29, 0.717) is 23.3 Å². The highest BCUT2D eigenvalue weighted by atomic mass is 16.5. The fourth-order valence-electron chi connectivity index (χ4n) is 9.09. The summed E-state index contributed by atoms with van der Waals surface area (Å²) in [5.74, 6) is -1.88. The van der Waals surface area contributed by atoms with Crippen LogP contribution in [-0.2, 0) is 25.5 Å². The summed E-state index contributed by atoms with van der Waals surface area (Å²) in [6.07, 6.45) is 17.5. The highest BCUT2D eigenvalue weighted by molar-refractivity contribution is 6.24. The second-order valence-electron chi connectivity index (χ2n) is 16.1. The van der Waals surface area contributed by atoms with Crippen LogP contribution in [0.2, 0.25) is 0 Å². The summed E-state index contributed by atoms with van der Waals surface area (Å²) in [4.78, 5) is 52.0. The van der Waals surface area contributed by atoms with Crippen LogP contribution in [0.5, 0.6) is 0 Å². The molecule has 9 nitrogen and oxygen atoms in total. The van der Waals surface area contributed by atoms with Crippen molar-refractivity contribution in [2.45, 2.75) is 107 Å². The van der Waals surface area contributed by atoms with Crippen molar-refractivity contribution < 1.29 is 23.9 Å². The van der Waals surface area contributed by atoms with Gasteiger partial charge in [0.2, 0.25) is 0 Å². The van der Waals surface area contributed by atoms with Gasteiger partial charge in [-0.15, -0.1) is 0 Å². The Morgan fingerprint density at radius 1 is 0.946 bits per heavy atom. The Hall–Kier alpha value is -5.05. The highest BCUT2D eigenvalue weighted by Gasteiger charge is 2.48. The largest absolute Gasteiger partial charge is 0.468 e. The number of methoxy groups -OCH3 is 1. The molecule has 56 heavy (non-hydrogen) atoms. The molecule has 1 fully saturated rings. The molecule has 3 aliphatic rings. The van der Waals surface area contributed by atoms with Crippen molar-refractivity contribution in [3.05, 3.63) is 96.5 Å². The van der Waals surface area contributed by atoms with Gasteiger partial charge in [-0.05, 0) is 106 Å². The van der Waals surface area contributed by atoms with E-state index in [4.69, 9.17) is 9.47 Å². The lowest BCUT2D eigenvalue weighted by molar-refractivity contribution is -0.143. The molecule has 8 bridgehead atoms. The average molecular weight is 761 g/mol. The van der Waals surface area contributed by atoms with E-state index in [-0.39, 0.29) is 36.6 Å². The number of nitrogens with one attached hydrogen (secondary N) is 4. The van der Waals surface area contributed by atoms with Crippen LogP contribution in [0.1, 0.15) is 141 Å². The maximum atomic E-state index is 14.3. The first kappa shape index (κ1) is 40.6. The number of esters is 2. The quantitative estimate of drug-likeness (QED) is 0.0745. The van der Waals surface area contributed by atoms with Crippen molar-refractivity contribution in [1.29, 1.82) is 0 Å². The van der Waals surface area contributed by atoms with Gasteiger partial charge in [-0.1, -0.05) is 65.2 Å². The minimum Gasteiger partial charge on any atom is -0.468 e. The van der Waals surface area contributed by atoms with Gasteiger partial charge < -0.3 is 29.7 Å². The number of aromatic nitrogens is 3. The monoisotopic (exact) mass is 760 g/mol. The van der Waals surface area contributed by atoms with Crippen molar-refractivity contribution in [2.75, 3.05) is 13.7 Å².